The molecule has 0 spiro atoms. The number of carbonyl (C=O) groups is 8. The van der Waals surface area contributed by atoms with E-state index in [4.69, 9.17) is 20.6 Å². The van der Waals surface area contributed by atoms with Crippen LogP contribution in [0.3, 0.4) is 0 Å². The Morgan fingerprint density at radius 2 is 1.54 bits per heavy atom. The molecule has 20 nitrogen and oxygen atoms in total. The van der Waals surface area contributed by atoms with Crippen molar-refractivity contribution in [2.45, 2.75) is 113 Å². The van der Waals surface area contributed by atoms with Gasteiger partial charge in [0.25, 0.3) is 0 Å². The van der Waals surface area contributed by atoms with Crippen molar-refractivity contribution in [2.24, 2.45) is 5.73 Å². The maximum atomic E-state index is 14.4. The molecule has 3 aliphatic rings. The van der Waals surface area contributed by atoms with E-state index < -0.39 is 83.8 Å². The second-order valence-corrected chi connectivity index (χ2v) is 16.2. The summed E-state index contributed by atoms with van der Waals surface area (Å²) in [4.78, 5) is 108. The Balaban J connectivity index is 1.38. The van der Waals surface area contributed by atoms with Crippen LogP contribution >= 0.6 is 0 Å². The molecule has 6 amide bonds. The predicted molar refractivity (Wildman–Crippen MR) is 236 cm³/mol. The first-order valence-electron chi connectivity index (χ1n) is 21.8. The lowest BCUT2D eigenvalue weighted by Gasteiger charge is -2.30. The molecule has 0 saturated carbocycles. The summed E-state index contributed by atoms with van der Waals surface area (Å²) in [6.45, 7) is 1.55. The molecule has 2 aliphatic heterocycles. The summed E-state index contributed by atoms with van der Waals surface area (Å²) in [6.07, 6.45) is 3.32. The van der Waals surface area contributed by atoms with Crippen LogP contribution in [-0.2, 0) is 43.0 Å². The average Bonchev–Trinajstić information content (AvgIpc) is 3.90. The lowest BCUT2D eigenvalue weighted by molar-refractivity contribution is -0.144. The minimum Gasteiger partial charge on any atom is -0.480 e. The van der Waals surface area contributed by atoms with Crippen molar-refractivity contribution in [1.29, 1.82) is 5.41 Å². The van der Waals surface area contributed by atoms with E-state index in [9.17, 15) is 43.5 Å². The Morgan fingerprint density at radius 1 is 0.892 bits per heavy atom. The third-order valence-corrected chi connectivity index (χ3v) is 11.6. The van der Waals surface area contributed by atoms with Crippen molar-refractivity contribution < 1.29 is 52.9 Å². The third kappa shape index (κ3) is 13.5. The van der Waals surface area contributed by atoms with Gasteiger partial charge in [0, 0.05) is 25.9 Å². The number of esters is 1. The van der Waals surface area contributed by atoms with Gasteiger partial charge in [-0.1, -0.05) is 73.5 Å². The van der Waals surface area contributed by atoms with E-state index in [2.05, 4.69) is 31.9 Å². The largest absolute Gasteiger partial charge is 0.480 e. The second kappa shape index (κ2) is 23.6. The zero-order valence-corrected chi connectivity index (χ0v) is 36.6. The van der Waals surface area contributed by atoms with Crippen LogP contribution in [0.2, 0.25) is 0 Å². The zero-order chi connectivity index (χ0) is 47.0. The summed E-state index contributed by atoms with van der Waals surface area (Å²) >= 11 is 0. The van der Waals surface area contributed by atoms with E-state index in [0.717, 1.165) is 22.3 Å². The number of ether oxygens (including phenoxy) is 2. The van der Waals surface area contributed by atoms with Gasteiger partial charge in [-0.05, 0) is 73.6 Å². The van der Waals surface area contributed by atoms with Crippen LogP contribution in [0, 0.1) is 5.41 Å². The van der Waals surface area contributed by atoms with E-state index in [1.807, 2.05) is 48.5 Å². The number of hydrogen-bond acceptors (Lipinski definition) is 11. The molecule has 350 valence electrons. The van der Waals surface area contributed by atoms with Gasteiger partial charge in [-0.2, -0.15) is 0 Å². The number of amides is 6. The number of aliphatic carboxylic acids is 1. The van der Waals surface area contributed by atoms with Crippen molar-refractivity contribution in [3.05, 3.63) is 71.8 Å². The number of hydrogen-bond donors (Lipinski definition) is 9. The molecule has 5 rings (SSSR count). The number of nitrogens with one attached hydrogen (secondary N) is 7. The van der Waals surface area contributed by atoms with Gasteiger partial charge in [-0.3, -0.25) is 29.4 Å². The number of methoxy groups -OCH3 is 1. The first-order valence-corrected chi connectivity index (χ1v) is 21.8. The molecule has 1 unspecified atom stereocenters. The fourth-order valence-electron chi connectivity index (χ4n) is 8.41. The van der Waals surface area contributed by atoms with Gasteiger partial charge in [0.05, 0.1) is 7.11 Å². The van der Waals surface area contributed by atoms with Crippen LogP contribution in [-0.4, -0.2) is 127 Å². The molecule has 2 heterocycles. The highest BCUT2D eigenvalue weighted by Gasteiger charge is 2.40. The first kappa shape index (κ1) is 49.0. The van der Waals surface area contributed by atoms with Crippen LogP contribution in [0.25, 0.3) is 11.1 Å². The fourth-order valence-corrected chi connectivity index (χ4v) is 8.41. The van der Waals surface area contributed by atoms with Crippen molar-refractivity contribution in [3.8, 4) is 11.1 Å². The molecule has 10 N–H and O–H groups in total. The first-order chi connectivity index (χ1) is 31.2. The molecule has 2 aromatic carbocycles. The van der Waals surface area contributed by atoms with Gasteiger partial charge < -0.3 is 57.1 Å². The predicted octanol–water partition coefficient (Wildman–Crippen LogP) is 1.28. The second-order valence-electron chi connectivity index (χ2n) is 16.2. The smallest absolute Gasteiger partial charge is 0.407 e. The standard InChI is InChI=1S/C45H59N9O11/c1-26(55)49-36(43(62)64-2)20-10-7-17-32-38(56)50-33(21-11-23-48-44(46)47)39(57)52-35(42(60)61)19-9-8-18-34(41(59)54-24-12-22-37(54)40(58)51-32)53-45(63)65-25-31-29-15-5-3-13-27(29)28-14-4-6-16-30(28)31/h3-7,10,13-16,31-37H,8-9,11-12,17-25H2,1-2H3,(H,49,55)(H,50,56)(H,51,58)(H,52,57)(H,53,63)(H,60,61)(H4,46,47,48)/t32-,33-,34-,35-,36-,37?/m0/s1. The Bertz CT molecular complexity index is 2090. The monoisotopic (exact) mass is 901 g/mol. The summed E-state index contributed by atoms with van der Waals surface area (Å²) in [5.41, 5.74) is 9.48. The average molecular weight is 902 g/mol. The normalized spacial score (nSPS) is 22.2. The molecule has 2 fully saturated rings. The molecule has 6 atom stereocenters. The fraction of sp³-hybridized carbons (Fsp3) is 0.489. The van der Waals surface area contributed by atoms with Gasteiger partial charge in [0.2, 0.25) is 29.5 Å². The van der Waals surface area contributed by atoms with E-state index in [-0.39, 0.29) is 89.4 Å². The Hall–Kier alpha value is -6.99. The van der Waals surface area contributed by atoms with Crippen LogP contribution in [0.15, 0.2) is 60.7 Å². The number of carboxylic acids is 1. The minimum absolute atomic E-state index is 0.00759. The number of fused-ring (bicyclic) bond motifs is 4. The van der Waals surface area contributed by atoms with Gasteiger partial charge in [-0.15, -0.1) is 0 Å². The van der Waals surface area contributed by atoms with Crippen molar-refractivity contribution in [1.82, 2.24) is 36.8 Å². The van der Waals surface area contributed by atoms with Crippen LogP contribution in [0.5, 0.6) is 0 Å². The number of guanidine groups is 1. The number of carbonyl (C=O) groups excluding carboxylic acids is 7. The number of rotatable bonds is 14. The molecule has 20 heteroatoms. The molecule has 0 bridgehead atoms. The molecule has 0 radical (unpaired) electrons. The number of nitrogens with two attached hydrogens (primary N) is 1. The maximum Gasteiger partial charge on any atom is 0.407 e. The number of benzene rings is 2. The summed E-state index contributed by atoms with van der Waals surface area (Å²) in [5.74, 6) is -5.91. The molecule has 65 heavy (non-hydrogen) atoms. The third-order valence-electron chi connectivity index (χ3n) is 11.6. The Labute approximate surface area is 376 Å². The van der Waals surface area contributed by atoms with Crippen molar-refractivity contribution in [3.63, 3.8) is 0 Å². The van der Waals surface area contributed by atoms with Crippen LogP contribution in [0.1, 0.15) is 88.2 Å². The van der Waals surface area contributed by atoms with Crippen molar-refractivity contribution >= 4 is 53.5 Å². The summed E-state index contributed by atoms with van der Waals surface area (Å²) in [7, 11) is 1.17. The Kier molecular flexibility index (Phi) is 17.8. The molecule has 1 aliphatic carbocycles. The van der Waals surface area contributed by atoms with Gasteiger partial charge in [0.15, 0.2) is 5.96 Å². The van der Waals surface area contributed by atoms with Crippen molar-refractivity contribution in [2.75, 3.05) is 26.8 Å². The highest BCUT2D eigenvalue weighted by Crippen LogP contribution is 2.44. The Morgan fingerprint density at radius 3 is 2.18 bits per heavy atom. The molecule has 2 aromatic rings. The summed E-state index contributed by atoms with van der Waals surface area (Å²) in [6, 6.07) is 8.42. The van der Waals surface area contributed by atoms with Gasteiger partial charge in [-0.25, -0.2) is 14.4 Å². The van der Waals surface area contributed by atoms with Gasteiger partial charge >= 0.3 is 18.0 Å². The summed E-state index contributed by atoms with van der Waals surface area (Å²) in [5, 5.41) is 33.3. The van der Waals surface area contributed by atoms with Crippen LogP contribution < -0.4 is 37.6 Å². The quantitative estimate of drug-likeness (QED) is 0.0425. The van der Waals surface area contributed by atoms with E-state index >= 15 is 0 Å². The topological polar surface area (TPSA) is 301 Å². The molecule has 0 aromatic heterocycles. The maximum absolute atomic E-state index is 14.4. The molecular formula is C45H59N9O11. The SMILES string of the molecule is COC(=O)[C@H](CC=CC[C@@H]1NC(=O)C2CCCN2C(=O)[C@@H](NC(=O)OCC2c3ccccc3-c3ccccc32)CCCC[C@@H](C(=O)O)NC(=O)[C@H](CCCNC(=N)N)NC1=O)NC(C)=O. The number of alkyl carbamates (subject to hydrolysis) is 1. The van der Waals surface area contributed by atoms with E-state index in [1.165, 1.54) is 31.1 Å². The van der Waals surface area contributed by atoms with Crippen LogP contribution in [0.4, 0.5) is 4.79 Å². The van der Waals surface area contributed by atoms with Gasteiger partial charge in [0.1, 0.15) is 42.9 Å². The highest BCUT2D eigenvalue weighted by atomic mass is 16.5. The molecule has 2 saturated heterocycles. The van der Waals surface area contributed by atoms with E-state index in [1.54, 1.807) is 0 Å². The summed E-state index contributed by atoms with van der Waals surface area (Å²) < 4.78 is 10.6. The lowest BCUT2D eigenvalue weighted by Crippen LogP contribution is -2.58. The minimum atomic E-state index is -1.38. The molecular weight excluding hydrogens is 843 g/mol. The highest BCUT2D eigenvalue weighted by molar-refractivity contribution is 5.96. The zero-order valence-electron chi connectivity index (χ0n) is 36.6. The number of nitrogens with zero attached hydrogens (tertiary/aromatic N) is 1. The van der Waals surface area contributed by atoms with E-state index in [0.29, 0.717) is 6.42 Å². The number of carboxylic acid groups (broad SMARTS) is 1. The lowest BCUT2D eigenvalue weighted by atomic mass is 9.98.